The van der Waals surface area contributed by atoms with E-state index in [1.54, 1.807) is 0 Å². The molecule has 0 atom stereocenters. The van der Waals surface area contributed by atoms with Crippen LogP contribution in [-0.2, 0) is 15.8 Å². The maximum Gasteiger partial charge on any atom is 0.416 e. The van der Waals surface area contributed by atoms with E-state index in [1.165, 1.54) is 0 Å². The predicted molar refractivity (Wildman–Crippen MR) is 69.1 cm³/mol. The molecule has 1 N–H and O–H groups in total. The summed E-state index contributed by atoms with van der Waals surface area (Å²) < 4.78 is 53.2. The Hall–Kier alpha value is -1.89. The second-order valence-electron chi connectivity index (χ2n) is 4.81. The smallest absolute Gasteiger partial charge is 0.416 e. The van der Waals surface area contributed by atoms with Gasteiger partial charge >= 0.3 is 6.18 Å². The van der Waals surface area contributed by atoms with Crippen molar-refractivity contribution < 1.29 is 32.3 Å². The Labute approximate surface area is 127 Å². The van der Waals surface area contributed by atoms with Crippen LogP contribution < -0.4 is 0 Å². The molecular formula is C14H9ClF4O3. The number of carbonyl (C=O) groups excluding carboxylic acids is 2. The first kappa shape index (κ1) is 16.5. The minimum Gasteiger partial charge on any atom is -0.515 e. The lowest BCUT2D eigenvalue weighted by Crippen LogP contribution is -2.27. The van der Waals surface area contributed by atoms with E-state index < -0.39 is 64.0 Å². The number of Topliss-reactive ketones (excluding diaryl/α,β-unsaturated/α-hetero) is 2. The van der Waals surface area contributed by atoms with Gasteiger partial charge in [0.25, 0.3) is 0 Å². The van der Waals surface area contributed by atoms with E-state index in [2.05, 4.69) is 0 Å². The maximum absolute atomic E-state index is 14.1. The normalized spacial score (nSPS) is 19.5. The average molecular weight is 337 g/mol. The largest absolute Gasteiger partial charge is 0.515 e. The monoisotopic (exact) mass is 336 g/mol. The molecule has 1 fully saturated rings. The molecule has 0 amide bonds. The summed E-state index contributed by atoms with van der Waals surface area (Å²) in [5.41, 5.74) is -2.55. The maximum atomic E-state index is 14.1. The van der Waals surface area contributed by atoms with E-state index in [-0.39, 0.29) is 0 Å². The quantitative estimate of drug-likeness (QED) is 0.365. The lowest BCUT2D eigenvalue weighted by Gasteiger charge is -2.25. The number of carbonyl (C=O) groups is 2. The Balaban J connectivity index is 2.56. The average Bonchev–Trinajstić information content (AvgIpc) is 2.39. The number of aliphatic hydroxyl groups is 1. The first-order valence-electron chi connectivity index (χ1n) is 6.12. The summed E-state index contributed by atoms with van der Waals surface area (Å²) in [5.74, 6) is -4.25. The minimum atomic E-state index is -4.85. The van der Waals surface area contributed by atoms with Gasteiger partial charge in [0.15, 0.2) is 11.6 Å². The van der Waals surface area contributed by atoms with Crippen LogP contribution in [-0.4, -0.2) is 16.7 Å². The lowest BCUT2D eigenvalue weighted by atomic mass is 9.78. The molecule has 118 valence electrons. The second-order valence-corrected chi connectivity index (χ2v) is 5.22. The van der Waals surface area contributed by atoms with Crippen molar-refractivity contribution in [3.05, 3.63) is 45.9 Å². The number of rotatable bonds is 1. The van der Waals surface area contributed by atoms with Gasteiger partial charge in [-0.25, -0.2) is 4.39 Å². The first-order chi connectivity index (χ1) is 10.2. The van der Waals surface area contributed by atoms with Crippen molar-refractivity contribution in [2.75, 3.05) is 0 Å². The number of aliphatic hydroxyl groups excluding tert-OH is 1. The van der Waals surface area contributed by atoms with E-state index in [0.29, 0.717) is 12.3 Å². The molecule has 1 saturated carbocycles. The number of halogens is 5. The van der Waals surface area contributed by atoms with Gasteiger partial charge in [-0.1, -0.05) is 11.6 Å². The molecule has 2 rings (SSSR count). The van der Waals surface area contributed by atoms with Crippen molar-refractivity contribution in [2.24, 2.45) is 0 Å². The molecule has 0 bridgehead atoms. The fourth-order valence-corrected chi connectivity index (χ4v) is 2.62. The molecule has 0 heterocycles. The molecular weight excluding hydrogens is 328 g/mol. The van der Waals surface area contributed by atoms with Gasteiger partial charge in [0.1, 0.15) is 5.82 Å². The Kier molecular flexibility index (Phi) is 4.28. The Morgan fingerprint density at radius 1 is 1.18 bits per heavy atom. The van der Waals surface area contributed by atoms with E-state index in [0.717, 1.165) is 6.07 Å². The first-order valence-corrected chi connectivity index (χ1v) is 6.50. The zero-order valence-electron chi connectivity index (χ0n) is 10.9. The van der Waals surface area contributed by atoms with Gasteiger partial charge in [-0.2, -0.15) is 13.2 Å². The molecule has 3 nitrogen and oxygen atoms in total. The van der Waals surface area contributed by atoms with E-state index in [1.807, 2.05) is 0 Å². The van der Waals surface area contributed by atoms with Gasteiger partial charge in [-0.15, -0.1) is 0 Å². The summed E-state index contributed by atoms with van der Waals surface area (Å²) in [4.78, 5) is 23.4. The molecule has 0 aliphatic heterocycles. The molecule has 1 aliphatic carbocycles. The van der Waals surface area contributed by atoms with Crippen LogP contribution in [0.4, 0.5) is 17.6 Å². The Morgan fingerprint density at radius 2 is 1.73 bits per heavy atom. The van der Waals surface area contributed by atoms with Crippen LogP contribution in [0.5, 0.6) is 0 Å². The highest BCUT2D eigenvalue weighted by molar-refractivity contribution is 6.30. The molecule has 1 aromatic rings. The number of allylic oxidation sites excluding steroid dienone is 1. The van der Waals surface area contributed by atoms with Gasteiger partial charge in [0.2, 0.25) is 0 Å². The van der Waals surface area contributed by atoms with E-state index in [4.69, 9.17) is 16.7 Å². The summed E-state index contributed by atoms with van der Waals surface area (Å²) >= 11 is 5.52. The highest BCUT2D eigenvalue weighted by Crippen LogP contribution is 2.42. The number of hydrogen-bond donors (Lipinski definition) is 1. The number of alkyl halides is 3. The third kappa shape index (κ3) is 2.85. The summed E-state index contributed by atoms with van der Waals surface area (Å²) in [7, 11) is 0. The molecule has 0 saturated heterocycles. The summed E-state index contributed by atoms with van der Waals surface area (Å²) in [5, 5.41) is 8.27. The van der Waals surface area contributed by atoms with E-state index >= 15 is 0 Å². The molecule has 0 aromatic heterocycles. The van der Waals surface area contributed by atoms with Gasteiger partial charge in [0, 0.05) is 24.3 Å². The van der Waals surface area contributed by atoms with Crippen molar-refractivity contribution in [1.29, 1.82) is 0 Å². The van der Waals surface area contributed by atoms with Crippen molar-refractivity contribution in [3.8, 4) is 0 Å². The van der Waals surface area contributed by atoms with Crippen LogP contribution >= 0.6 is 11.6 Å². The molecule has 0 radical (unpaired) electrons. The number of benzene rings is 1. The SMILES string of the molecule is O=C1CC(c2c(C(F)(F)F)ccc(Cl)c2F)CC(=O)C1=CO. The van der Waals surface area contributed by atoms with Gasteiger partial charge in [-0.05, 0) is 12.1 Å². The highest BCUT2D eigenvalue weighted by atomic mass is 35.5. The summed E-state index contributed by atoms with van der Waals surface area (Å²) in [6.45, 7) is 0. The fraction of sp³-hybridized carbons (Fsp3) is 0.286. The topological polar surface area (TPSA) is 54.4 Å². The molecule has 0 spiro atoms. The third-order valence-electron chi connectivity index (χ3n) is 3.44. The molecule has 8 heteroatoms. The van der Waals surface area contributed by atoms with Crippen molar-refractivity contribution >= 4 is 23.2 Å². The van der Waals surface area contributed by atoms with Crippen LogP contribution in [0.3, 0.4) is 0 Å². The lowest BCUT2D eigenvalue weighted by molar-refractivity contribution is -0.139. The molecule has 22 heavy (non-hydrogen) atoms. The Bertz CT molecular complexity index is 659. The van der Waals surface area contributed by atoms with Gasteiger partial charge in [-0.3, -0.25) is 9.59 Å². The van der Waals surface area contributed by atoms with Crippen LogP contribution in [0.1, 0.15) is 29.9 Å². The molecule has 1 aromatic carbocycles. The predicted octanol–water partition coefficient (Wildman–Crippen LogP) is 3.96. The summed E-state index contributed by atoms with van der Waals surface area (Å²) in [6, 6.07) is 1.39. The van der Waals surface area contributed by atoms with E-state index in [9.17, 15) is 27.2 Å². The summed E-state index contributed by atoms with van der Waals surface area (Å²) in [6.07, 6.45) is -5.56. The van der Waals surface area contributed by atoms with Crippen molar-refractivity contribution in [1.82, 2.24) is 0 Å². The number of ketones is 2. The minimum absolute atomic E-state index is 0.319. The van der Waals surface area contributed by atoms with Crippen LogP contribution in [0, 0.1) is 5.82 Å². The third-order valence-corrected chi connectivity index (χ3v) is 3.73. The number of hydrogen-bond acceptors (Lipinski definition) is 3. The fourth-order valence-electron chi connectivity index (χ4n) is 2.46. The van der Waals surface area contributed by atoms with Gasteiger partial charge in [0.05, 0.1) is 22.4 Å². The molecule has 1 aliphatic rings. The second kappa shape index (κ2) is 5.72. The molecule has 0 unspecified atom stereocenters. The zero-order valence-corrected chi connectivity index (χ0v) is 11.6. The van der Waals surface area contributed by atoms with Crippen molar-refractivity contribution in [3.63, 3.8) is 0 Å². The van der Waals surface area contributed by atoms with Crippen molar-refractivity contribution in [2.45, 2.75) is 24.9 Å². The van der Waals surface area contributed by atoms with Crippen LogP contribution in [0.25, 0.3) is 0 Å². The van der Waals surface area contributed by atoms with Gasteiger partial charge < -0.3 is 5.11 Å². The Morgan fingerprint density at radius 3 is 2.18 bits per heavy atom. The standard InChI is InChI=1S/C14H9ClF4O3/c15-9-2-1-8(14(17,18)19)12(13(9)16)6-3-10(21)7(5-20)11(22)4-6/h1-2,5-6,20H,3-4H2. The zero-order chi connectivity index (χ0) is 16.7. The highest BCUT2D eigenvalue weighted by Gasteiger charge is 2.41. The van der Waals surface area contributed by atoms with Crippen LogP contribution in [0.15, 0.2) is 24.0 Å². The van der Waals surface area contributed by atoms with Crippen LogP contribution in [0.2, 0.25) is 5.02 Å².